The summed E-state index contributed by atoms with van der Waals surface area (Å²) in [6.45, 7) is 1.93. The predicted molar refractivity (Wildman–Crippen MR) is 68.0 cm³/mol. The van der Waals surface area contributed by atoms with Crippen molar-refractivity contribution in [2.45, 2.75) is 19.8 Å². The summed E-state index contributed by atoms with van der Waals surface area (Å²) in [6, 6.07) is 0. The molecule has 2 rings (SSSR count). The Morgan fingerprint density at radius 3 is 2.78 bits per heavy atom. The van der Waals surface area contributed by atoms with Crippen molar-refractivity contribution in [1.29, 1.82) is 0 Å². The van der Waals surface area contributed by atoms with E-state index in [2.05, 4.69) is 10.1 Å². The van der Waals surface area contributed by atoms with Gasteiger partial charge in [0.05, 0.1) is 28.1 Å². The van der Waals surface area contributed by atoms with Crippen molar-refractivity contribution in [3.63, 3.8) is 0 Å². The second-order valence-corrected chi connectivity index (χ2v) is 4.79. The number of rotatable bonds is 5. The van der Waals surface area contributed by atoms with Crippen LogP contribution in [0.2, 0.25) is 0 Å². The fourth-order valence-corrected chi connectivity index (χ4v) is 2.27. The van der Waals surface area contributed by atoms with Crippen LogP contribution in [0, 0.1) is 0 Å². The minimum Gasteiger partial charge on any atom is -0.294 e. The van der Waals surface area contributed by atoms with E-state index in [9.17, 15) is 9.59 Å². The standard InChI is InChI=1S/C12H13N3O2S/c1-3-9-8(6-15(2)14-9)10(16)4-11(17)12-5-13-7-18-12/h5-7H,3-4H2,1-2H3. The quantitative estimate of drug-likeness (QED) is 0.610. The van der Waals surface area contributed by atoms with Gasteiger partial charge in [-0.25, -0.2) is 0 Å². The van der Waals surface area contributed by atoms with E-state index in [-0.39, 0.29) is 18.0 Å². The normalized spacial score (nSPS) is 10.6. The van der Waals surface area contributed by atoms with Crippen LogP contribution in [0.1, 0.15) is 39.1 Å². The molecule has 0 aromatic carbocycles. The molecule has 0 fully saturated rings. The van der Waals surface area contributed by atoms with Gasteiger partial charge in [-0.05, 0) is 6.42 Å². The predicted octanol–water partition coefficient (Wildman–Crippen LogP) is 1.89. The molecule has 0 aliphatic heterocycles. The van der Waals surface area contributed by atoms with E-state index in [1.54, 1.807) is 23.4 Å². The third-order valence-electron chi connectivity index (χ3n) is 2.57. The van der Waals surface area contributed by atoms with E-state index in [0.29, 0.717) is 16.9 Å². The number of aromatic nitrogens is 3. The number of nitrogens with zero attached hydrogens (tertiary/aromatic N) is 3. The van der Waals surface area contributed by atoms with E-state index in [1.165, 1.54) is 17.5 Å². The molecule has 6 heteroatoms. The first kappa shape index (κ1) is 12.6. The van der Waals surface area contributed by atoms with Crippen LogP contribution in [0.15, 0.2) is 17.9 Å². The Kier molecular flexibility index (Phi) is 3.66. The first-order valence-electron chi connectivity index (χ1n) is 5.59. The molecule has 0 saturated carbocycles. The zero-order valence-electron chi connectivity index (χ0n) is 10.2. The van der Waals surface area contributed by atoms with Crippen molar-refractivity contribution < 1.29 is 9.59 Å². The van der Waals surface area contributed by atoms with Gasteiger partial charge in [0, 0.05) is 19.4 Å². The van der Waals surface area contributed by atoms with Crippen LogP contribution in [0.4, 0.5) is 0 Å². The Morgan fingerprint density at radius 1 is 1.39 bits per heavy atom. The molecular formula is C12H13N3O2S. The molecule has 94 valence electrons. The Hall–Kier alpha value is -1.82. The molecule has 0 amide bonds. The minimum atomic E-state index is -0.187. The van der Waals surface area contributed by atoms with Gasteiger partial charge >= 0.3 is 0 Å². The Morgan fingerprint density at radius 2 is 2.17 bits per heavy atom. The van der Waals surface area contributed by atoms with Crippen LogP contribution in [0.25, 0.3) is 0 Å². The summed E-state index contributed by atoms with van der Waals surface area (Å²) in [6.07, 6.45) is 3.71. The van der Waals surface area contributed by atoms with Crippen LogP contribution in [-0.4, -0.2) is 26.3 Å². The highest BCUT2D eigenvalue weighted by Gasteiger charge is 2.19. The summed E-state index contributed by atoms with van der Waals surface area (Å²) in [7, 11) is 1.76. The Bertz CT molecular complexity index is 572. The van der Waals surface area contributed by atoms with Crippen LogP contribution in [0.3, 0.4) is 0 Å². The fraction of sp³-hybridized carbons (Fsp3) is 0.333. The summed E-state index contributed by atoms with van der Waals surface area (Å²) in [5, 5.41) is 4.20. The third kappa shape index (κ3) is 2.53. The second kappa shape index (κ2) is 5.22. The highest BCUT2D eigenvalue weighted by molar-refractivity contribution is 7.11. The van der Waals surface area contributed by atoms with Gasteiger partial charge in [0.15, 0.2) is 11.6 Å². The highest BCUT2D eigenvalue weighted by atomic mass is 32.1. The molecule has 0 unspecified atom stereocenters. The highest BCUT2D eigenvalue weighted by Crippen LogP contribution is 2.14. The van der Waals surface area contributed by atoms with E-state index < -0.39 is 0 Å². The lowest BCUT2D eigenvalue weighted by atomic mass is 10.1. The lowest BCUT2D eigenvalue weighted by Crippen LogP contribution is -2.08. The lowest BCUT2D eigenvalue weighted by molar-refractivity contribution is 0.0896. The van der Waals surface area contributed by atoms with Crippen molar-refractivity contribution >= 4 is 22.9 Å². The molecular weight excluding hydrogens is 250 g/mol. The van der Waals surface area contributed by atoms with E-state index >= 15 is 0 Å². The van der Waals surface area contributed by atoms with Crippen LogP contribution < -0.4 is 0 Å². The van der Waals surface area contributed by atoms with Crippen molar-refractivity contribution in [3.05, 3.63) is 34.0 Å². The van der Waals surface area contributed by atoms with Crippen molar-refractivity contribution in [2.75, 3.05) is 0 Å². The van der Waals surface area contributed by atoms with Gasteiger partial charge < -0.3 is 0 Å². The van der Waals surface area contributed by atoms with Crippen LogP contribution in [-0.2, 0) is 13.5 Å². The number of carbonyl (C=O) groups excluding carboxylic acids is 2. The first-order chi connectivity index (χ1) is 8.61. The summed E-state index contributed by atoms with van der Waals surface area (Å²) in [5.74, 6) is -0.369. The minimum absolute atomic E-state index is 0.124. The molecule has 2 aromatic heterocycles. The van der Waals surface area contributed by atoms with E-state index in [0.717, 1.165) is 5.69 Å². The summed E-state index contributed by atoms with van der Waals surface area (Å²) in [4.78, 5) is 28.2. The molecule has 0 saturated heterocycles. The average molecular weight is 263 g/mol. The fourth-order valence-electron chi connectivity index (χ4n) is 1.71. The molecule has 0 spiro atoms. The molecule has 0 aliphatic carbocycles. The molecule has 2 heterocycles. The Balaban J connectivity index is 2.15. The smallest absolute Gasteiger partial charge is 0.182 e. The molecule has 0 N–H and O–H groups in total. The molecule has 0 aliphatic rings. The molecule has 0 bridgehead atoms. The number of thiazole rings is 1. The van der Waals surface area contributed by atoms with Gasteiger partial charge in [-0.1, -0.05) is 6.92 Å². The van der Waals surface area contributed by atoms with Gasteiger partial charge in [0.2, 0.25) is 0 Å². The molecule has 0 atom stereocenters. The average Bonchev–Trinajstić information content (AvgIpc) is 2.96. The summed E-state index contributed by atoms with van der Waals surface area (Å²) < 4.78 is 1.60. The second-order valence-electron chi connectivity index (χ2n) is 3.91. The number of carbonyl (C=O) groups is 2. The maximum Gasteiger partial charge on any atom is 0.182 e. The number of hydrogen-bond acceptors (Lipinski definition) is 5. The summed E-state index contributed by atoms with van der Waals surface area (Å²) in [5.41, 5.74) is 2.86. The van der Waals surface area contributed by atoms with Gasteiger partial charge in [0.1, 0.15) is 0 Å². The van der Waals surface area contributed by atoms with Crippen LogP contribution in [0.5, 0.6) is 0 Å². The number of Topliss-reactive ketones (excluding diaryl/α,β-unsaturated/α-hetero) is 2. The zero-order valence-corrected chi connectivity index (χ0v) is 11.0. The Labute approximate surface area is 108 Å². The third-order valence-corrected chi connectivity index (χ3v) is 3.38. The van der Waals surface area contributed by atoms with Gasteiger partial charge in [-0.15, -0.1) is 11.3 Å². The molecule has 18 heavy (non-hydrogen) atoms. The zero-order chi connectivity index (χ0) is 13.1. The van der Waals surface area contributed by atoms with Crippen molar-refractivity contribution in [2.24, 2.45) is 7.05 Å². The number of hydrogen-bond donors (Lipinski definition) is 0. The summed E-state index contributed by atoms with van der Waals surface area (Å²) >= 11 is 1.25. The maximum absolute atomic E-state index is 12.1. The number of ketones is 2. The SMILES string of the molecule is CCc1nn(C)cc1C(=O)CC(=O)c1cncs1. The number of aryl methyl sites for hydroxylation is 2. The largest absolute Gasteiger partial charge is 0.294 e. The van der Waals surface area contributed by atoms with E-state index in [4.69, 9.17) is 0 Å². The van der Waals surface area contributed by atoms with Crippen molar-refractivity contribution in [3.8, 4) is 0 Å². The van der Waals surface area contributed by atoms with Gasteiger partial charge in [0.25, 0.3) is 0 Å². The molecule has 5 nitrogen and oxygen atoms in total. The van der Waals surface area contributed by atoms with Crippen LogP contribution >= 0.6 is 11.3 Å². The first-order valence-corrected chi connectivity index (χ1v) is 6.47. The molecule has 2 aromatic rings. The lowest BCUT2D eigenvalue weighted by Gasteiger charge is -1.98. The van der Waals surface area contributed by atoms with Gasteiger partial charge in [-0.2, -0.15) is 5.10 Å². The monoisotopic (exact) mass is 263 g/mol. The molecule has 0 radical (unpaired) electrons. The maximum atomic E-state index is 12.1. The van der Waals surface area contributed by atoms with Gasteiger partial charge in [-0.3, -0.25) is 19.3 Å². The topological polar surface area (TPSA) is 64.8 Å². The van der Waals surface area contributed by atoms with Crippen molar-refractivity contribution in [1.82, 2.24) is 14.8 Å². The van der Waals surface area contributed by atoms with E-state index in [1.807, 2.05) is 6.92 Å².